The standard InChI is InChI=1S/C17H18ClN3/c1-19-10-5-11-21-16-9-8-14(18)12-15(16)17(20-21)13-6-3-2-4-7-13/h2-4,6-9,12,19H,5,10-11H2,1H3. The van der Waals surface area contributed by atoms with Crippen LogP contribution in [0, 0.1) is 0 Å². The minimum atomic E-state index is 0.745. The molecule has 4 heteroatoms. The first kappa shape index (κ1) is 14.1. The highest BCUT2D eigenvalue weighted by Gasteiger charge is 2.12. The molecule has 0 atom stereocenters. The Labute approximate surface area is 129 Å². The highest BCUT2D eigenvalue weighted by molar-refractivity contribution is 6.31. The van der Waals surface area contributed by atoms with Crippen LogP contribution < -0.4 is 5.32 Å². The van der Waals surface area contributed by atoms with Gasteiger partial charge in [0.15, 0.2) is 0 Å². The average molecular weight is 300 g/mol. The van der Waals surface area contributed by atoms with Crippen molar-refractivity contribution in [3.8, 4) is 11.3 Å². The zero-order valence-electron chi connectivity index (χ0n) is 12.0. The number of aryl methyl sites for hydroxylation is 1. The van der Waals surface area contributed by atoms with Crippen molar-refractivity contribution >= 4 is 22.5 Å². The second-order valence-electron chi connectivity index (χ2n) is 5.06. The number of nitrogens with zero attached hydrogens (tertiary/aromatic N) is 2. The SMILES string of the molecule is CNCCCn1nc(-c2ccccc2)c2cc(Cl)ccc21. The van der Waals surface area contributed by atoms with E-state index in [0.29, 0.717) is 0 Å². The Morgan fingerprint density at radius 2 is 1.95 bits per heavy atom. The van der Waals surface area contributed by atoms with Gasteiger partial charge in [-0.1, -0.05) is 41.9 Å². The molecule has 0 fully saturated rings. The molecule has 3 rings (SSSR count). The summed E-state index contributed by atoms with van der Waals surface area (Å²) in [7, 11) is 1.97. The van der Waals surface area contributed by atoms with Crippen molar-refractivity contribution in [3.63, 3.8) is 0 Å². The smallest absolute Gasteiger partial charge is 0.100 e. The van der Waals surface area contributed by atoms with Gasteiger partial charge in [-0.3, -0.25) is 4.68 Å². The summed E-state index contributed by atoms with van der Waals surface area (Å²) >= 11 is 6.17. The van der Waals surface area contributed by atoms with E-state index in [2.05, 4.69) is 28.2 Å². The summed E-state index contributed by atoms with van der Waals surface area (Å²) in [4.78, 5) is 0. The second kappa shape index (κ2) is 6.29. The number of halogens is 1. The fourth-order valence-electron chi connectivity index (χ4n) is 2.54. The molecule has 1 N–H and O–H groups in total. The first-order valence-electron chi connectivity index (χ1n) is 7.15. The fourth-order valence-corrected chi connectivity index (χ4v) is 2.71. The Bertz CT molecular complexity index is 734. The predicted octanol–water partition coefficient (Wildman–Crippen LogP) is 3.97. The van der Waals surface area contributed by atoms with Crippen LogP contribution >= 0.6 is 11.6 Å². The number of fused-ring (bicyclic) bond motifs is 1. The third kappa shape index (κ3) is 2.94. The molecule has 0 aliphatic heterocycles. The summed E-state index contributed by atoms with van der Waals surface area (Å²) in [6.07, 6.45) is 1.05. The Balaban J connectivity index is 2.09. The highest BCUT2D eigenvalue weighted by atomic mass is 35.5. The summed E-state index contributed by atoms with van der Waals surface area (Å²) in [5, 5.41) is 9.83. The van der Waals surface area contributed by atoms with Crippen molar-refractivity contribution in [1.29, 1.82) is 0 Å². The van der Waals surface area contributed by atoms with E-state index in [9.17, 15) is 0 Å². The van der Waals surface area contributed by atoms with Crippen LogP contribution in [0.15, 0.2) is 48.5 Å². The van der Waals surface area contributed by atoms with Gasteiger partial charge in [0.2, 0.25) is 0 Å². The molecular formula is C17H18ClN3. The van der Waals surface area contributed by atoms with Gasteiger partial charge < -0.3 is 5.32 Å². The summed E-state index contributed by atoms with van der Waals surface area (Å²) in [5.74, 6) is 0. The quantitative estimate of drug-likeness (QED) is 0.723. The lowest BCUT2D eigenvalue weighted by Gasteiger charge is -2.02. The molecule has 0 radical (unpaired) electrons. The Morgan fingerprint density at radius 1 is 1.14 bits per heavy atom. The Kier molecular flexibility index (Phi) is 4.23. The molecule has 0 unspecified atom stereocenters. The van der Waals surface area contributed by atoms with Crippen molar-refractivity contribution in [2.45, 2.75) is 13.0 Å². The molecule has 21 heavy (non-hydrogen) atoms. The maximum atomic E-state index is 6.17. The predicted molar refractivity (Wildman–Crippen MR) is 88.7 cm³/mol. The number of hydrogen-bond acceptors (Lipinski definition) is 2. The van der Waals surface area contributed by atoms with Crippen LogP contribution in [0.25, 0.3) is 22.2 Å². The van der Waals surface area contributed by atoms with Gasteiger partial charge in [0, 0.05) is 22.5 Å². The van der Waals surface area contributed by atoms with Crippen LogP contribution in [-0.2, 0) is 6.54 Å². The van der Waals surface area contributed by atoms with E-state index in [0.717, 1.165) is 46.7 Å². The van der Waals surface area contributed by atoms with Crippen LogP contribution in [0.1, 0.15) is 6.42 Å². The van der Waals surface area contributed by atoms with Gasteiger partial charge in [0.05, 0.1) is 5.52 Å². The minimum absolute atomic E-state index is 0.745. The lowest BCUT2D eigenvalue weighted by Crippen LogP contribution is -2.11. The Morgan fingerprint density at radius 3 is 2.71 bits per heavy atom. The van der Waals surface area contributed by atoms with E-state index in [1.165, 1.54) is 0 Å². The van der Waals surface area contributed by atoms with Crippen molar-refractivity contribution in [2.75, 3.05) is 13.6 Å². The van der Waals surface area contributed by atoms with Gasteiger partial charge in [-0.2, -0.15) is 5.10 Å². The topological polar surface area (TPSA) is 29.9 Å². The van der Waals surface area contributed by atoms with E-state index in [-0.39, 0.29) is 0 Å². The van der Waals surface area contributed by atoms with Crippen LogP contribution in [0.5, 0.6) is 0 Å². The molecule has 2 aromatic carbocycles. The minimum Gasteiger partial charge on any atom is -0.320 e. The molecule has 3 aromatic rings. The molecule has 0 spiro atoms. The van der Waals surface area contributed by atoms with Gasteiger partial charge in [-0.15, -0.1) is 0 Å². The zero-order chi connectivity index (χ0) is 14.7. The largest absolute Gasteiger partial charge is 0.320 e. The van der Waals surface area contributed by atoms with E-state index >= 15 is 0 Å². The number of hydrogen-bond donors (Lipinski definition) is 1. The maximum Gasteiger partial charge on any atom is 0.100 e. The molecule has 0 aliphatic rings. The first-order chi connectivity index (χ1) is 10.3. The zero-order valence-corrected chi connectivity index (χ0v) is 12.8. The van der Waals surface area contributed by atoms with Crippen molar-refractivity contribution < 1.29 is 0 Å². The second-order valence-corrected chi connectivity index (χ2v) is 5.49. The maximum absolute atomic E-state index is 6.17. The van der Waals surface area contributed by atoms with E-state index in [1.807, 2.05) is 37.4 Å². The molecule has 3 nitrogen and oxygen atoms in total. The summed E-state index contributed by atoms with van der Waals surface area (Å²) in [5.41, 5.74) is 3.25. The van der Waals surface area contributed by atoms with Crippen molar-refractivity contribution in [3.05, 3.63) is 53.6 Å². The molecule has 0 amide bonds. The summed E-state index contributed by atoms with van der Waals surface area (Å²) in [6.45, 7) is 1.88. The van der Waals surface area contributed by atoms with Gasteiger partial charge in [-0.05, 0) is 38.2 Å². The third-order valence-corrected chi connectivity index (χ3v) is 3.79. The van der Waals surface area contributed by atoms with Crippen molar-refractivity contribution in [2.24, 2.45) is 0 Å². The van der Waals surface area contributed by atoms with Gasteiger partial charge in [-0.25, -0.2) is 0 Å². The van der Waals surface area contributed by atoms with Crippen molar-refractivity contribution in [1.82, 2.24) is 15.1 Å². The molecule has 1 heterocycles. The molecule has 0 aliphatic carbocycles. The molecule has 0 bridgehead atoms. The molecule has 0 saturated carbocycles. The van der Waals surface area contributed by atoms with E-state index in [1.54, 1.807) is 0 Å². The van der Waals surface area contributed by atoms with Crippen LogP contribution in [0.2, 0.25) is 5.02 Å². The number of aromatic nitrogens is 2. The van der Waals surface area contributed by atoms with Gasteiger partial charge in [0.25, 0.3) is 0 Å². The van der Waals surface area contributed by atoms with E-state index in [4.69, 9.17) is 16.7 Å². The highest BCUT2D eigenvalue weighted by Crippen LogP contribution is 2.30. The molecule has 0 saturated heterocycles. The van der Waals surface area contributed by atoms with Gasteiger partial charge >= 0.3 is 0 Å². The number of nitrogens with one attached hydrogen (secondary N) is 1. The monoisotopic (exact) mass is 299 g/mol. The Hall–Kier alpha value is -1.84. The summed E-state index contributed by atoms with van der Waals surface area (Å²) < 4.78 is 2.07. The van der Waals surface area contributed by atoms with Gasteiger partial charge in [0.1, 0.15) is 5.69 Å². The fraction of sp³-hybridized carbons (Fsp3) is 0.235. The molecule has 108 valence electrons. The van der Waals surface area contributed by atoms with Crippen LogP contribution in [0.4, 0.5) is 0 Å². The number of rotatable bonds is 5. The lowest BCUT2D eigenvalue weighted by molar-refractivity contribution is 0.578. The van der Waals surface area contributed by atoms with E-state index < -0.39 is 0 Å². The number of benzene rings is 2. The summed E-state index contributed by atoms with van der Waals surface area (Å²) in [6, 6.07) is 16.2. The van der Waals surface area contributed by atoms with Crippen LogP contribution in [0.3, 0.4) is 0 Å². The van der Waals surface area contributed by atoms with Crippen LogP contribution in [-0.4, -0.2) is 23.4 Å². The average Bonchev–Trinajstić information content (AvgIpc) is 2.86. The third-order valence-electron chi connectivity index (χ3n) is 3.56. The molecule has 1 aromatic heterocycles. The lowest BCUT2D eigenvalue weighted by atomic mass is 10.1. The normalized spacial score (nSPS) is 11.1. The first-order valence-corrected chi connectivity index (χ1v) is 7.53. The molecular weight excluding hydrogens is 282 g/mol.